The Morgan fingerprint density at radius 1 is 1.29 bits per heavy atom. The molecule has 2 aromatic rings. The van der Waals surface area contributed by atoms with Crippen LogP contribution in [0.5, 0.6) is 0 Å². The van der Waals surface area contributed by atoms with Gasteiger partial charge in [0.2, 0.25) is 16.0 Å². The zero-order valence-corrected chi connectivity index (χ0v) is 18.1. The SMILES string of the molecule is CC1(n2c(=O)c(C(F)F)cc3cnc(NC4CCN(S(C)(=O)=O)CC4)nc32)CC(O)C1. The lowest BCUT2D eigenvalue weighted by Gasteiger charge is -2.44. The molecule has 4 rings (SSSR count). The fraction of sp³-hybridized carbons (Fsp3) is 0.632. The van der Waals surface area contributed by atoms with E-state index >= 15 is 0 Å². The van der Waals surface area contributed by atoms with Crippen molar-refractivity contribution in [2.45, 2.75) is 56.7 Å². The van der Waals surface area contributed by atoms with Crippen molar-refractivity contribution < 1.29 is 22.3 Å². The quantitative estimate of drug-likeness (QED) is 0.698. The van der Waals surface area contributed by atoms with Gasteiger partial charge in [-0.2, -0.15) is 4.98 Å². The van der Waals surface area contributed by atoms with Gasteiger partial charge in [-0.25, -0.2) is 26.5 Å². The third-order valence-corrected chi connectivity index (χ3v) is 7.45. The van der Waals surface area contributed by atoms with Gasteiger partial charge in [0.25, 0.3) is 12.0 Å². The topological polar surface area (TPSA) is 117 Å². The lowest BCUT2D eigenvalue weighted by molar-refractivity contribution is -0.0114. The Morgan fingerprint density at radius 2 is 1.94 bits per heavy atom. The molecule has 0 amide bonds. The van der Waals surface area contributed by atoms with Crippen LogP contribution in [0.1, 0.15) is 44.6 Å². The minimum atomic E-state index is -3.24. The zero-order valence-electron chi connectivity index (χ0n) is 17.3. The van der Waals surface area contributed by atoms with Gasteiger partial charge in [0.05, 0.1) is 23.5 Å². The van der Waals surface area contributed by atoms with E-state index in [1.165, 1.54) is 21.3 Å². The largest absolute Gasteiger partial charge is 0.393 e. The molecule has 2 aliphatic rings. The van der Waals surface area contributed by atoms with Crippen molar-refractivity contribution in [1.82, 2.24) is 18.8 Å². The Morgan fingerprint density at radius 3 is 2.48 bits per heavy atom. The number of aromatic nitrogens is 3. The highest BCUT2D eigenvalue weighted by Gasteiger charge is 2.43. The first-order chi connectivity index (χ1) is 14.5. The molecule has 3 heterocycles. The predicted octanol–water partition coefficient (Wildman–Crippen LogP) is 1.43. The molecule has 2 aromatic heterocycles. The Bertz CT molecular complexity index is 1160. The van der Waals surface area contributed by atoms with E-state index in [4.69, 9.17) is 0 Å². The number of sulfonamides is 1. The fourth-order valence-electron chi connectivity index (χ4n) is 4.50. The van der Waals surface area contributed by atoms with Crippen LogP contribution >= 0.6 is 0 Å². The van der Waals surface area contributed by atoms with Crippen LogP contribution in [0.4, 0.5) is 14.7 Å². The highest BCUT2D eigenvalue weighted by Crippen LogP contribution is 2.40. The molecule has 0 aromatic carbocycles. The molecule has 1 aliphatic heterocycles. The van der Waals surface area contributed by atoms with Crippen LogP contribution in [0.2, 0.25) is 0 Å². The van der Waals surface area contributed by atoms with Crippen LogP contribution in [0.3, 0.4) is 0 Å². The number of anilines is 1. The minimum Gasteiger partial charge on any atom is -0.393 e. The summed E-state index contributed by atoms with van der Waals surface area (Å²) in [4.78, 5) is 21.5. The van der Waals surface area contributed by atoms with Gasteiger partial charge in [-0.15, -0.1) is 0 Å². The lowest BCUT2D eigenvalue weighted by Crippen LogP contribution is -2.51. The second kappa shape index (κ2) is 7.75. The number of rotatable bonds is 5. The van der Waals surface area contributed by atoms with Gasteiger partial charge in [-0.05, 0) is 38.7 Å². The summed E-state index contributed by atoms with van der Waals surface area (Å²) in [5, 5.41) is 13.3. The van der Waals surface area contributed by atoms with Crippen LogP contribution in [0.15, 0.2) is 17.1 Å². The first-order valence-corrected chi connectivity index (χ1v) is 11.9. The number of nitrogens with one attached hydrogen (secondary N) is 1. The lowest BCUT2D eigenvalue weighted by atomic mass is 9.75. The van der Waals surface area contributed by atoms with E-state index < -0.39 is 39.2 Å². The van der Waals surface area contributed by atoms with Gasteiger partial charge in [0, 0.05) is 30.7 Å². The first-order valence-electron chi connectivity index (χ1n) is 10.1. The molecule has 1 saturated heterocycles. The molecule has 1 aliphatic carbocycles. The molecule has 0 spiro atoms. The molecule has 9 nitrogen and oxygen atoms in total. The normalized spacial score (nSPS) is 25.7. The van der Waals surface area contributed by atoms with Crippen molar-refractivity contribution >= 4 is 27.0 Å². The third-order valence-electron chi connectivity index (χ3n) is 6.15. The number of alkyl halides is 2. The molecule has 2 N–H and O–H groups in total. The summed E-state index contributed by atoms with van der Waals surface area (Å²) in [7, 11) is -3.24. The number of aliphatic hydroxyl groups excluding tert-OH is 1. The fourth-order valence-corrected chi connectivity index (χ4v) is 5.37. The summed E-state index contributed by atoms with van der Waals surface area (Å²) in [6.07, 6.45) is 0.715. The van der Waals surface area contributed by atoms with Crippen molar-refractivity contribution in [3.8, 4) is 0 Å². The van der Waals surface area contributed by atoms with Gasteiger partial charge in [0.15, 0.2) is 0 Å². The van der Waals surface area contributed by atoms with E-state index in [1.807, 2.05) is 0 Å². The Kier molecular flexibility index (Phi) is 5.51. The smallest absolute Gasteiger partial charge is 0.269 e. The number of hydrogen-bond acceptors (Lipinski definition) is 7. The zero-order chi connectivity index (χ0) is 22.6. The van der Waals surface area contributed by atoms with Gasteiger partial charge in [-0.3, -0.25) is 9.36 Å². The van der Waals surface area contributed by atoms with Crippen LogP contribution in [-0.4, -0.2) is 63.9 Å². The Hall–Kier alpha value is -2.18. The van der Waals surface area contributed by atoms with Gasteiger partial charge >= 0.3 is 0 Å². The molecule has 12 heteroatoms. The van der Waals surface area contributed by atoms with Crippen LogP contribution in [0.25, 0.3) is 11.0 Å². The second-order valence-corrected chi connectivity index (χ2v) is 10.6. The Balaban J connectivity index is 1.67. The second-order valence-electron chi connectivity index (χ2n) is 8.65. The molecular weight excluding hydrogens is 432 g/mol. The first kappa shape index (κ1) is 22.0. The average molecular weight is 458 g/mol. The maximum atomic E-state index is 13.5. The highest BCUT2D eigenvalue weighted by molar-refractivity contribution is 7.88. The molecular formula is C19H25F2N5O4S. The number of aliphatic hydroxyl groups is 1. The summed E-state index contributed by atoms with van der Waals surface area (Å²) < 4.78 is 52.9. The maximum absolute atomic E-state index is 13.5. The molecule has 170 valence electrons. The van der Waals surface area contributed by atoms with E-state index in [-0.39, 0.29) is 30.5 Å². The van der Waals surface area contributed by atoms with Crippen LogP contribution < -0.4 is 10.9 Å². The molecule has 1 saturated carbocycles. The van der Waals surface area contributed by atoms with E-state index in [1.54, 1.807) is 6.92 Å². The summed E-state index contributed by atoms with van der Waals surface area (Å²) in [5.74, 6) is 0.242. The number of hydrogen-bond donors (Lipinski definition) is 2. The minimum absolute atomic E-state index is 0.0583. The van der Waals surface area contributed by atoms with E-state index in [2.05, 4.69) is 15.3 Å². The summed E-state index contributed by atoms with van der Waals surface area (Å²) in [6, 6.07) is 1.06. The van der Waals surface area contributed by atoms with Crippen molar-refractivity contribution in [3.63, 3.8) is 0 Å². The summed E-state index contributed by atoms with van der Waals surface area (Å²) >= 11 is 0. The predicted molar refractivity (Wildman–Crippen MR) is 111 cm³/mol. The summed E-state index contributed by atoms with van der Waals surface area (Å²) in [6.45, 7) is 2.50. The van der Waals surface area contributed by atoms with E-state index in [0.717, 1.165) is 6.07 Å². The van der Waals surface area contributed by atoms with Crippen molar-refractivity contribution in [2.24, 2.45) is 0 Å². The van der Waals surface area contributed by atoms with Crippen molar-refractivity contribution in [3.05, 3.63) is 28.2 Å². The van der Waals surface area contributed by atoms with Gasteiger partial charge < -0.3 is 10.4 Å². The van der Waals surface area contributed by atoms with Crippen LogP contribution in [-0.2, 0) is 15.6 Å². The van der Waals surface area contributed by atoms with E-state index in [9.17, 15) is 27.1 Å². The summed E-state index contributed by atoms with van der Waals surface area (Å²) in [5.41, 5.74) is -2.02. The molecule has 0 unspecified atom stereocenters. The van der Waals surface area contributed by atoms with Gasteiger partial charge in [0.1, 0.15) is 5.65 Å². The average Bonchev–Trinajstić information content (AvgIpc) is 2.65. The highest BCUT2D eigenvalue weighted by atomic mass is 32.2. The molecule has 31 heavy (non-hydrogen) atoms. The number of fused-ring (bicyclic) bond motifs is 1. The number of pyridine rings is 1. The molecule has 0 radical (unpaired) electrons. The van der Waals surface area contributed by atoms with Gasteiger partial charge in [-0.1, -0.05) is 0 Å². The van der Waals surface area contributed by atoms with Crippen molar-refractivity contribution in [1.29, 1.82) is 0 Å². The molecule has 2 fully saturated rings. The third kappa shape index (κ3) is 4.15. The number of piperidine rings is 1. The maximum Gasteiger partial charge on any atom is 0.269 e. The number of nitrogens with zero attached hydrogens (tertiary/aromatic N) is 4. The van der Waals surface area contributed by atoms with Crippen molar-refractivity contribution in [2.75, 3.05) is 24.7 Å². The molecule has 0 atom stereocenters. The van der Waals surface area contributed by atoms with Crippen LogP contribution in [0, 0.1) is 0 Å². The Labute approximate surface area is 178 Å². The molecule has 0 bridgehead atoms. The monoisotopic (exact) mass is 457 g/mol. The number of halogens is 2. The van der Waals surface area contributed by atoms with E-state index in [0.29, 0.717) is 31.3 Å². The standard InChI is InChI=1S/C19H25F2N5O4S/c1-19(8-13(27)9-19)26-16-11(7-14(15(20)21)17(26)28)10-22-18(24-16)23-12-3-5-25(6-4-12)31(2,29)30/h7,10,12-13,15,27H,3-6,8-9H2,1-2H3,(H,22,23,24).